The van der Waals surface area contributed by atoms with Crippen molar-refractivity contribution in [2.75, 3.05) is 5.32 Å². The van der Waals surface area contributed by atoms with E-state index < -0.39 is 0 Å². The van der Waals surface area contributed by atoms with Crippen LogP contribution in [0.3, 0.4) is 0 Å². The molecule has 6 heteroatoms. The van der Waals surface area contributed by atoms with Gasteiger partial charge in [-0.25, -0.2) is 0 Å². The van der Waals surface area contributed by atoms with Crippen LogP contribution in [-0.4, -0.2) is 11.8 Å². The molecule has 6 nitrogen and oxygen atoms in total. The first-order valence-corrected chi connectivity index (χ1v) is 7.10. The quantitative estimate of drug-likeness (QED) is 0.810. The Labute approximate surface area is 133 Å². The van der Waals surface area contributed by atoms with Gasteiger partial charge in [-0.3, -0.25) is 20.4 Å². The van der Waals surface area contributed by atoms with Crippen LogP contribution < -0.4 is 20.9 Å². The van der Waals surface area contributed by atoms with Crippen molar-refractivity contribution in [2.24, 2.45) is 0 Å². The summed E-state index contributed by atoms with van der Waals surface area (Å²) in [6, 6.07) is 16.5. The van der Waals surface area contributed by atoms with Crippen molar-refractivity contribution in [3.8, 4) is 11.5 Å². The third-order valence-electron chi connectivity index (χ3n) is 3.16. The number of anilines is 1. The normalized spacial score (nSPS) is 13.4. The van der Waals surface area contributed by atoms with Crippen LogP contribution in [0.15, 0.2) is 66.4 Å². The third-order valence-corrected chi connectivity index (χ3v) is 3.16. The molecule has 0 bridgehead atoms. The van der Waals surface area contributed by atoms with E-state index in [0.717, 1.165) is 5.75 Å². The lowest BCUT2D eigenvalue weighted by Gasteiger charge is -2.16. The van der Waals surface area contributed by atoms with Crippen LogP contribution in [0, 0.1) is 0 Å². The molecule has 0 aromatic heterocycles. The number of rotatable bonds is 4. The fourth-order valence-electron chi connectivity index (χ4n) is 2.01. The van der Waals surface area contributed by atoms with Gasteiger partial charge in [-0.05, 0) is 42.5 Å². The van der Waals surface area contributed by atoms with Crippen LogP contribution in [-0.2, 0) is 9.59 Å². The van der Waals surface area contributed by atoms with Crippen molar-refractivity contribution in [1.82, 2.24) is 10.9 Å². The van der Waals surface area contributed by atoms with E-state index in [2.05, 4.69) is 16.2 Å². The summed E-state index contributed by atoms with van der Waals surface area (Å²) >= 11 is 0. The van der Waals surface area contributed by atoms with Gasteiger partial charge in [0.1, 0.15) is 17.2 Å². The Morgan fingerprint density at radius 2 is 1.65 bits per heavy atom. The van der Waals surface area contributed by atoms with Crippen LogP contribution in [0.2, 0.25) is 0 Å². The van der Waals surface area contributed by atoms with E-state index in [1.165, 1.54) is 0 Å². The fraction of sp³-hybridized carbons (Fsp3) is 0.0588. The molecule has 3 rings (SSSR count). The van der Waals surface area contributed by atoms with Gasteiger partial charge >= 0.3 is 0 Å². The molecule has 1 aliphatic heterocycles. The Hall–Kier alpha value is -3.28. The first-order valence-electron chi connectivity index (χ1n) is 7.10. The van der Waals surface area contributed by atoms with Crippen LogP contribution in [0.5, 0.6) is 11.5 Å². The maximum atomic E-state index is 12.0. The first kappa shape index (κ1) is 14.6. The molecule has 0 saturated carbocycles. The van der Waals surface area contributed by atoms with E-state index in [9.17, 15) is 9.59 Å². The lowest BCUT2D eigenvalue weighted by Crippen LogP contribution is -2.43. The predicted octanol–water partition coefficient (Wildman–Crippen LogP) is 2.33. The van der Waals surface area contributed by atoms with Crippen LogP contribution in [0.1, 0.15) is 6.42 Å². The molecule has 0 aliphatic carbocycles. The number of hydrazine groups is 1. The molecule has 1 heterocycles. The second kappa shape index (κ2) is 6.65. The van der Waals surface area contributed by atoms with Gasteiger partial charge in [-0.2, -0.15) is 0 Å². The van der Waals surface area contributed by atoms with E-state index in [-0.39, 0.29) is 18.2 Å². The standard InChI is InChI=1S/C17H15N3O3/c21-16-11-10-15(19-20-16)17(22)18-12-6-8-14(9-7-12)23-13-4-2-1-3-5-13/h1-10,19H,11H2,(H,18,22)(H,20,21). The molecule has 0 radical (unpaired) electrons. The third kappa shape index (κ3) is 3.88. The van der Waals surface area contributed by atoms with E-state index in [1.54, 1.807) is 30.3 Å². The number of ether oxygens (including phenoxy) is 1. The summed E-state index contributed by atoms with van der Waals surface area (Å²) in [6.07, 6.45) is 1.72. The van der Waals surface area contributed by atoms with Crippen molar-refractivity contribution in [2.45, 2.75) is 6.42 Å². The van der Waals surface area contributed by atoms with Gasteiger partial charge in [0.15, 0.2) is 0 Å². The monoisotopic (exact) mass is 309 g/mol. The number of amides is 2. The highest BCUT2D eigenvalue weighted by atomic mass is 16.5. The lowest BCUT2D eigenvalue weighted by atomic mass is 10.2. The Kier molecular flexibility index (Phi) is 4.24. The zero-order valence-corrected chi connectivity index (χ0v) is 12.2. The maximum absolute atomic E-state index is 12.0. The number of benzene rings is 2. The van der Waals surface area contributed by atoms with Gasteiger partial charge < -0.3 is 10.1 Å². The molecule has 23 heavy (non-hydrogen) atoms. The van der Waals surface area contributed by atoms with Gasteiger partial charge in [0.2, 0.25) is 5.91 Å². The van der Waals surface area contributed by atoms with E-state index in [0.29, 0.717) is 17.1 Å². The molecular formula is C17H15N3O3. The second-order valence-corrected chi connectivity index (χ2v) is 4.89. The van der Waals surface area contributed by atoms with Crippen molar-refractivity contribution >= 4 is 17.5 Å². The highest BCUT2D eigenvalue weighted by Crippen LogP contribution is 2.22. The lowest BCUT2D eigenvalue weighted by molar-refractivity contribution is -0.121. The van der Waals surface area contributed by atoms with Gasteiger partial charge in [0.25, 0.3) is 5.91 Å². The Balaban J connectivity index is 1.61. The molecular weight excluding hydrogens is 294 g/mol. The van der Waals surface area contributed by atoms with Crippen molar-refractivity contribution in [1.29, 1.82) is 0 Å². The topological polar surface area (TPSA) is 79.5 Å². The first-order chi connectivity index (χ1) is 11.2. The SMILES string of the molecule is O=C1CC=C(C(=O)Nc2ccc(Oc3ccccc3)cc2)NN1. The maximum Gasteiger partial charge on any atom is 0.273 e. The molecule has 0 spiro atoms. The van der Waals surface area contributed by atoms with E-state index >= 15 is 0 Å². The second-order valence-electron chi connectivity index (χ2n) is 4.89. The molecule has 2 aromatic carbocycles. The molecule has 0 fully saturated rings. The van der Waals surface area contributed by atoms with Crippen LogP contribution >= 0.6 is 0 Å². The highest BCUT2D eigenvalue weighted by Gasteiger charge is 2.15. The minimum Gasteiger partial charge on any atom is -0.457 e. The molecule has 2 aromatic rings. The smallest absolute Gasteiger partial charge is 0.273 e. The summed E-state index contributed by atoms with van der Waals surface area (Å²) in [6.45, 7) is 0. The number of para-hydroxylation sites is 1. The van der Waals surface area contributed by atoms with Gasteiger partial charge in [-0.1, -0.05) is 18.2 Å². The Morgan fingerprint density at radius 3 is 2.30 bits per heavy atom. The van der Waals surface area contributed by atoms with Gasteiger partial charge in [0.05, 0.1) is 0 Å². The number of hydrogen-bond acceptors (Lipinski definition) is 4. The van der Waals surface area contributed by atoms with E-state index in [4.69, 9.17) is 4.74 Å². The minimum absolute atomic E-state index is 0.177. The van der Waals surface area contributed by atoms with Crippen LogP contribution in [0.25, 0.3) is 0 Å². The number of hydrogen-bond donors (Lipinski definition) is 3. The van der Waals surface area contributed by atoms with Gasteiger partial charge in [-0.15, -0.1) is 0 Å². The summed E-state index contributed by atoms with van der Waals surface area (Å²) in [5, 5.41) is 2.74. The summed E-state index contributed by atoms with van der Waals surface area (Å²) < 4.78 is 5.68. The average molecular weight is 309 g/mol. The summed E-state index contributed by atoms with van der Waals surface area (Å²) in [5.74, 6) is 0.929. The molecule has 0 atom stereocenters. The molecule has 116 valence electrons. The zero-order chi connectivity index (χ0) is 16.1. The minimum atomic E-state index is -0.318. The number of carbonyl (C=O) groups excluding carboxylic acids is 2. The highest BCUT2D eigenvalue weighted by molar-refractivity contribution is 6.04. The zero-order valence-electron chi connectivity index (χ0n) is 12.2. The molecule has 3 N–H and O–H groups in total. The van der Waals surface area contributed by atoms with Crippen LogP contribution in [0.4, 0.5) is 5.69 Å². The molecule has 1 aliphatic rings. The fourth-order valence-corrected chi connectivity index (χ4v) is 2.01. The average Bonchev–Trinajstić information content (AvgIpc) is 2.58. The van der Waals surface area contributed by atoms with Gasteiger partial charge in [0, 0.05) is 12.1 Å². The van der Waals surface area contributed by atoms with Crippen molar-refractivity contribution in [3.05, 3.63) is 66.4 Å². The van der Waals surface area contributed by atoms with Crippen molar-refractivity contribution in [3.63, 3.8) is 0 Å². The summed E-state index contributed by atoms with van der Waals surface area (Å²) in [5.41, 5.74) is 5.90. The van der Waals surface area contributed by atoms with E-state index in [1.807, 2.05) is 30.3 Å². The Bertz CT molecular complexity index is 739. The van der Waals surface area contributed by atoms with Crippen molar-refractivity contribution < 1.29 is 14.3 Å². The number of carbonyl (C=O) groups is 2. The molecule has 2 amide bonds. The molecule has 0 saturated heterocycles. The largest absolute Gasteiger partial charge is 0.457 e. The predicted molar refractivity (Wildman–Crippen MR) is 85.6 cm³/mol. The summed E-state index contributed by atoms with van der Waals surface area (Å²) in [7, 11) is 0. The summed E-state index contributed by atoms with van der Waals surface area (Å²) in [4.78, 5) is 23.0. The number of nitrogens with one attached hydrogen (secondary N) is 3. The molecule has 0 unspecified atom stereocenters. The Morgan fingerprint density at radius 1 is 0.957 bits per heavy atom.